The van der Waals surface area contributed by atoms with Crippen LogP contribution in [0.1, 0.15) is 33.8 Å². The summed E-state index contributed by atoms with van der Waals surface area (Å²) in [5.41, 5.74) is 2.42. The van der Waals surface area contributed by atoms with Gasteiger partial charge >= 0.3 is 6.03 Å². The average molecular weight is 417 g/mol. The molecule has 2 aromatic rings. The smallest absolute Gasteiger partial charge is 0.325 e. The fraction of sp³-hybridized carbons (Fsp3) is 0.450. The van der Waals surface area contributed by atoms with E-state index < -0.39 is 11.8 Å². The first kappa shape index (κ1) is 19.8. The van der Waals surface area contributed by atoms with Gasteiger partial charge in [0.05, 0.1) is 18.9 Å². The van der Waals surface area contributed by atoms with Crippen LogP contribution in [0.15, 0.2) is 24.3 Å². The number of carbonyl (C=O) groups is 2. The Morgan fingerprint density at radius 2 is 1.72 bits per heavy atom. The van der Waals surface area contributed by atoms with Crippen LogP contribution in [0.5, 0.6) is 0 Å². The lowest BCUT2D eigenvalue weighted by Gasteiger charge is -2.37. The number of ether oxygens (including phenoxy) is 2. The van der Waals surface area contributed by atoms with Gasteiger partial charge in [-0.3, -0.25) is 10.1 Å². The molecule has 3 amide bonds. The van der Waals surface area contributed by atoms with E-state index in [2.05, 4.69) is 15.6 Å². The van der Waals surface area contributed by atoms with Crippen molar-refractivity contribution >= 4 is 34.1 Å². The van der Waals surface area contributed by atoms with Crippen molar-refractivity contribution in [1.29, 1.82) is 0 Å². The molecule has 3 heterocycles. The van der Waals surface area contributed by atoms with Crippen molar-refractivity contribution in [2.75, 3.05) is 36.9 Å². The number of thiazole rings is 1. The molecule has 4 rings (SSSR count). The highest BCUT2D eigenvalue weighted by molar-refractivity contribution is 7.17. The highest BCUT2D eigenvalue weighted by Gasteiger charge is 2.41. The summed E-state index contributed by atoms with van der Waals surface area (Å²) in [5.74, 6) is -0.583. The van der Waals surface area contributed by atoms with Crippen LogP contribution in [0.4, 0.5) is 15.6 Å². The summed E-state index contributed by atoms with van der Waals surface area (Å²) in [6.07, 6.45) is 1.33. The van der Waals surface area contributed by atoms with Crippen molar-refractivity contribution in [3.63, 3.8) is 0 Å². The Bertz CT molecular complexity index is 896. The van der Waals surface area contributed by atoms with Crippen molar-refractivity contribution in [2.24, 2.45) is 0 Å². The Morgan fingerprint density at radius 1 is 1.07 bits per heavy atom. The molecule has 1 aromatic heterocycles. The summed E-state index contributed by atoms with van der Waals surface area (Å²) in [7, 11) is 0. The Labute approximate surface area is 173 Å². The highest BCUT2D eigenvalue weighted by Crippen LogP contribution is 2.33. The Hall–Kier alpha value is -2.49. The molecule has 1 aromatic carbocycles. The second-order valence-electron chi connectivity index (χ2n) is 7.28. The molecule has 0 aliphatic carbocycles. The molecular formula is C20H24N4O4S. The molecule has 0 atom stereocenters. The van der Waals surface area contributed by atoms with Crippen LogP contribution in [0.3, 0.4) is 0 Å². The number of anilines is 2. The van der Waals surface area contributed by atoms with E-state index in [1.165, 1.54) is 11.3 Å². The van der Waals surface area contributed by atoms with Gasteiger partial charge < -0.3 is 19.7 Å². The van der Waals surface area contributed by atoms with Crippen LogP contribution in [0, 0.1) is 13.8 Å². The topological polar surface area (TPSA) is 92.8 Å². The number of hydrogen-bond donors (Lipinski definition) is 2. The third kappa shape index (κ3) is 4.42. The van der Waals surface area contributed by atoms with Gasteiger partial charge in [-0.1, -0.05) is 29.0 Å². The number of likely N-dealkylation sites (tertiary alicyclic amines) is 1. The Morgan fingerprint density at radius 3 is 2.38 bits per heavy atom. The van der Waals surface area contributed by atoms with E-state index >= 15 is 0 Å². The van der Waals surface area contributed by atoms with Crippen molar-refractivity contribution in [1.82, 2.24) is 9.88 Å². The molecule has 8 nitrogen and oxygen atoms in total. The second-order valence-corrected chi connectivity index (χ2v) is 8.28. The van der Waals surface area contributed by atoms with Gasteiger partial charge in [-0.25, -0.2) is 9.78 Å². The fourth-order valence-electron chi connectivity index (χ4n) is 3.52. The van der Waals surface area contributed by atoms with Gasteiger partial charge in [-0.2, -0.15) is 0 Å². The zero-order chi connectivity index (χ0) is 20.4. The minimum absolute atomic E-state index is 0.0696. The van der Waals surface area contributed by atoms with Gasteiger partial charge in [-0.05, 0) is 26.0 Å². The lowest BCUT2D eigenvalue weighted by Crippen LogP contribution is -2.47. The standard InChI is InChI=1S/C20H24N4O4S/c1-13-3-5-15(6-4-13)22-18(26)23-19-21-14(2)16(29-19)17(25)24-9-7-20(8-10-24)27-11-12-28-20/h3-6H,7-12H2,1-2H3,(H2,21,22,23,26). The normalized spacial score (nSPS) is 18.1. The van der Waals surface area contributed by atoms with Crippen LogP contribution in [0.25, 0.3) is 0 Å². The van der Waals surface area contributed by atoms with E-state index in [1.807, 2.05) is 31.2 Å². The first-order chi connectivity index (χ1) is 13.9. The van der Waals surface area contributed by atoms with Gasteiger partial charge in [0, 0.05) is 31.6 Å². The number of piperidine rings is 1. The number of aryl methyl sites for hydroxylation is 2. The molecule has 29 heavy (non-hydrogen) atoms. The van der Waals surface area contributed by atoms with E-state index in [4.69, 9.17) is 9.47 Å². The van der Waals surface area contributed by atoms with Crippen LogP contribution in [0.2, 0.25) is 0 Å². The molecule has 0 unspecified atom stereocenters. The van der Waals surface area contributed by atoms with Crippen LogP contribution in [-0.4, -0.2) is 53.9 Å². The second kappa shape index (κ2) is 8.10. The first-order valence-electron chi connectivity index (χ1n) is 9.63. The highest BCUT2D eigenvalue weighted by atomic mass is 32.1. The van der Waals surface area contributed by atoms with E-state index in [9.17, 15) is 9.59 Å². The maximum absolute atomic E-state index is 12.9. The number of nitrogens with zero attached hydrogens (tertiary/aromatic N) is 2. The molecule has 2 saturated heterocycles. The number of carbonyl (C=O) groups excluding carboxylic acids is 2. The van der Waals surface area contributed by atoms with Gasteiger partial charge in [0.15, 0.2) is 10.9 Å². The summed E-state index contributed by atoms with van der Waals surface area (Å²) in [6, 6.07) is 7.11. The third-order valence-electron chi connectivity index (χ3n) is 5.15. The molecule has 2 fully saturated rings. The monoisotopic (exact) mass is 416 g/mol. The summed E-state index contributed by atoms with van der Waals surface area (Å²) in [4.78, 5) is 31.8. The lowest BCUT2D eigenvalue weighted by molar-refractivity contribution is -0.181. The zero-order valence-electron chi connectivity index (χ0n) is 16.5. The van der Waals surface area contributed by atoms with Crippen molar-refractivity contribution in [3.05, 3.63) is 40.4 Å². The molecule has 0 saturated carbocycles. The lowest BCUT2D eigenvalue weighted by atomic mass is 10.0. The van der Waals surface area contributed by atoms with Gasteiger partial charge in [0.25, 0.3) is 5.91 Å². The number of urea groups is 1. The van der Waals surface area contributed by atoms with E-state index in [0.717, 1.165) is 5.56 Å². The van der Waals surface area contributed by atoms with E-state index in [1.54, 1.807) is 11.8 Å². The minimum atomic E-state index is -0.514. The van der Waals surface area contributed by atoms with Gasteiger partial charge in [0.1, 0.15) is 4.88 Å². The van der Waals surface area contributed by atoms with Crippen molar-refractivity contribution in [2.45, 2.75) is 32.5 Å². The molecule has 2 aliphatic rings. The largest absolute Gasteiger partial charge is 0.347 e. The van der Waals surface area contributed by atoms with Crippen molar-refractivity contribution < 1.29 is 19.1 Å². The van der Waals surface area contributed by atoms with Gasteiger partial charge in [0.2, 0.25) is 0 Å². The Kier molecular flexibility index (Phi) is 5.53. The van der Waals surface area contributed by atoms with Crippen LogP contribution >= 0.6 is 11.3 Å². The van der Waals surface area contributed by atoms with Crippen LogP contribution in [-0.2, 0) is 9.47 Å². The number of nitrogens with one attached hydrogen (secondary N) is 2. The third-order valence-corrected chi connectivity index (χ3v) is 6.21. The summed E-state index contributed by atoms with van der Waals surface area (Å²) in [5, 5.41) is 5.87. The molecule has 2 aliphatic heterocycles. The van der Waals surface area contributed by atoms with E-state index in [-0.39, 0.29) is 5.91 Å². The van der Waals surface area contributed by atoms with Crippen molar-refractivity contribution in [3.8, 4) is 0 Å². The average Bonchev–Trinajstić information content (AvgIpc) is 3.30. The number of aromatic nitrogens is 1. The SMILES string of the molecule is Cc1ccc(NC(=O)Nc2nc(C)c(C(=O)N3CCC4(CC3)OCCO4)s2)cc1. The quantitative estimate of drug-likeness (QED) is 0.800. The van der Waals surface area contributed by atoms with Gasteiger partial charge in [-0.15, -0.1) is 0 Å². The number of amides is 3. The predicted octanol–water partition coefficient (Wildman–Crippen LogP) is 3.38. The predicted molar refractivity (Wildman–Crippen MR) is 110 cm³/mol. The number of hydrogen-bond acceptors (Lipinski definition) is 6. The number of rotatable bonds is 3. The number of benzene rings is 1. The van der Waals surface area contributed by atoms with E-state index in [0.29, 0.717) is 60.5 Å². The first-order valence-corrected chi connectivity index (χ1v) is 10.5. The summed E-state index contributed by atoms with van der Waals surface area (Å²) in [6.45, 7) is 6.14. The Balaban J connectivity index is 1.36. The summed E-state index contributed by atoms with van der Waals surface area (Å²) >= 11 is 1.19. The molecule has 2 N–H and O–H groups in total. The molecular weight excluding hydrogens is 392 g/mol. The molecule has 9 heteroatoms. The maximum Gasteiger partial charge on any atom is 0.325 e. The molecule has 154 valence electrons. The molecule has 1 spiro atoms. The molecule has 0 bridgehead atoms. The zero-order valence-corrected chi connectivity index (χ0v) is 17.3. The fourth-order valence-corrected chi connectivity index (χ4v) is 4.45. The minimum Gasteiger partial charge on any atom is -0.347 e. The van der Waals surface area contributed by atoms with Crippen LogP contribution < -0.4 is 10.6 Å². The summed E-state index contributed by atoms with van der Waals surface area (Å²) < 4.78 is 11.4. The maximum atomic E-state index is 12.9. The molecule has 0 radical (unpaired) electrons.